The molecule has 108 valence electrons. The van der Waals surface area contributed by atoms with E-state index >= 15 is 0 Å². The summed E-state index contributed by atoms with van der Waals surface area (Å²) in [5.41, 5.74) is 0.622. The molecule has 1 aromatic rings. The van der Waals surface area contributed by atoms with E-state index in [9.17, 15) is 8.42 Å². The summed E-state index contributed by atoms with van der Waals surface area (Å²) in [6.45, 7) is 7.28. The van der Waals surface area contributed by atoms with E-state index < -0.39 is 15.6 Å². The molecule has 0 radical (unpaired) electrons. The van der Waals surface area contributed by atoms with Crippen molar-refractivity contribution in [1.82, 2.24) is 9.62 Å². The van der Waals surface area contributed by atoms with Crippen LogP contribution in [0.2, 0.25) is 0 Å². The van der Waals surface area contributed by atoms with E-state index in [0.717, 1.165) is 0 Å². The summed E-state index contributed by atoms with van der Waals surface area (Å²) in [4.78, 5) is 0.284. The van der Waals surface area contributed by atoms with Crippen molar-refractivity contribution in [1.29, 1.82) is 5.26 Å². The van der Waals surface area contributed by atoms with E-state index in [0.29, 0.717) is 30.8 Å². The lowest BCUT2D eigenvalue weighted by Gasteiger charge is -2.41. The van der Waals surface area contributed by atoms with Crippen molar-refractivity contribution in [2.75, 3.05) is 19.6 Å². The van der Waals surface area contributed by atoms with Gasteiger partial charge in [0.25, 0.3) is 0 Å². The molecule has 0 bridgehead atoms. The second-order valence-electron chi connectivity index (χ2n) is 5.66. The number of hydrogen-bond donors (Lipinski definition) is 1. The lowest BCUT2D eigenvalue weighted by molar-refractivity contribution is 0.186. The third-order valence-corrected chi connectivity index (χ3v) is 5.87. The molecule has 2 rings (SSSR count). The molecule has 0 atom stereocenters. The van der Waals surface area contributed by atoms with E-state index in [1.54, 1.807) is 23.4 Å². The van der Waals surface area contributed by atoms with Crippen LogP contribution in [0.15, 0.2) is 23.1 Å². The second kappa shape index (κ2) is 5.17. The first kappa shape index (κ1) is 15.0. The standard InChI is InChI=1S/C14H19N3O2S/c1-11-8-12(9-15)4-5-13(11)20(18,19)17-7-6-16-10-14(17,2)3/h4-5,8,16H,6-7,10H2,1-3H3. The van der Waals surface area contributed by atoms with Gasteiger partial charge in [-0.25, -0.2) is 8.42 Å². The quantitative estimate of drug-likeness (QED) is 0.890. The van der Waals surface area contributed by atoms with E-state index in [4.69, 9.17) is 5.26 Å². The third kappa shape index (κ3) is 2.57. The molecule has 1 saturated heterocycles. The highest BCUT2D eigenvalue weighted by molar-refractivity contribution is 7.89. The maximum Gasteiger partial charge on any atom is 0.243 e. The lowest BCUT2D eigenvalue weighted by atomic mass is 10.0. The largest absolute Gasteiger partial charge is 0.314 e. The van der Waals surface area contributed by atoms with Gasteiger partial charge >= 0.3 is 0 Å². The zero-order chi connectivity index (χ0) is 15.0. The SMILES string of the molecule is Cc1cc(C#N)ccc1S(=O)(=O)N1CCNCC1(C)C. The number of rotatable bonds is 2. The predicted molar refractivity (Wildman–Crippen MR) is 76.7 cm³/mol. The van der Waals surface area contributed by atoms with Gasteiger partial charge in [-0.1, -0.05) is 0 Å². The normalized spacial score (nSPS) is 19.5. The maximum atomic E-state index is 12.8. The van der Waals surface area contributed by atoms with Crippen LogP contribution < -0.4 is 5.32 Å². The summed E-state index contributed by atoms with van der Waals surface area (Å²) in [7, 11) is -3.54. The van der Waals surface area contributed by atoms with Crippen LogP contribution in [0.5, 0.6) is 0 Å². The van der Waals surface area contributed by atoms with Gasteiger partial charge < -0.3 is 5.32 Å². The first-order valence-electron chi connectivity index (χ1n) is 6.53. The molecule has 1 fully saturated rings. The van der Waals surface area contributed by atoms with Gasteiger partial charge in [0, 0.05) is 25.2 Å². The van der Waals surface area contributed by atoms with Crippen LogP contribution in [0, 0.1) is 18.3 Å². The Morgan fingerprint density at radius 2 is 2.10 bits per heavy atom. The molecule has 0 aliphatic carbocycles. The van der Waals surface area contributed by atoms with E-state index in [1.165, 1.54) is 6.07 Å². The number of nitrogens with zero attached hydrogens (tertiary/aromatic N) is 2. The molecule has 5 nitrogen and oxygen atoms in total. The number of sulfonamides is 1. The van der Waals surface area contributed by atoms with Crippen molar-refractivity contribution in [3.8, 4) is 6.07 Å². The molecular formula is C14H19N3O2S. The fourth-order valence-corrected chi connectivity index (χ4v) is 4.53. The van der Waals surface area contributed by atoms with Crippen molar-refractivity contribution in [2.45, 2.75) is 31.2 Å². The van der Waals surface area contributed by atoms with Gasteiger partial charge in [-0.2, -0.15) is 9.57 Å². The summed E-state index contributed by atoms with van der Waals surface area (Å²) >= 11 is 0. The molecule has 0 spiro atoms. The molecule has 0 amide bonds. The predicted octanol–water partition coefficient (Wildman–Crippen LogP) is 1.24. The van der Waals surface area contributed by atoms with E-state index in [-0.39, 0.29) is 4.90 Å². The van der Waals surface area contributed by atoms with Crippen molar-refractivity contribution in [3.63, 3.8) is 0 Å². The van der Waals surface area contributed by atoms with E-state index in [1.807, 2.05) is 19.9 Å². The molecule has 6 heteroatoms. The Bertz CT molecular complexity index is 659. The van der Waals surface area contributed by atoms with Gasteiger partial charge in [0.1, 0.15) is 0 Å². The van der Waals surface area contributed by atoms with Crippen LogP contribution in [0.3, 0.4) is 0 Å². The Kier molecular flexibility index (Phi) is 3.87. The zero-order valence-electron chi connectivity index (χ0n) is 12.0. The van der Waals surface area contributed by atoms with Crippen LogP contribution >= 0.6 is 0 Å². The molecule has 20 heavy (non-hydrogen) atoms. The average molecular weight is 293 g/mol. The Labute approximate surface area is 120 Å². The molecule has 1 aliphatic rings. The topological polar surface area (TPSA) is 73.2 Å². The Balaban J connectivity index is 2.48. The van der Waals surface area contributed by atoms with Gasteiger partial charge in [0.05, 0.1) is 16.5 Å². The number of aryl methyl sites for hydroxylation is 1. The van der Waals surface area contributed by atoms with Gasteiger partial charge in [0.2, 0.25) is 10.0 Å². The lowest BCUT2D eigenvalue weighted by Crippen LogP contribution is -2.59. The first-order valence-corrected chi connectivity index (χ1v) is 7.97. The number of piperazine rings is 1. The van der Waals surface area contributed by atoms with Gasteiger partial charge in [0.15, 0.2) is 0 Å². The fourth-order valence-electron chi connectivity index (χ4n) is 2.54. The molecule has 0 aromatic heterocycles. The van der Waals surface area contributed by atoms with Gasteiger partial charge in [-0.15, -0.1) is 0 Å². The van der Waals surface area contributed by atoms with Crippen molar-refractivity contribution in [2.24, 2.45) is 0 Å². The number of nitrogens with one attached hydrogen (secondary N) is 1. The summed E-state index contributed by atoms with van der Waals surface area (Å²) in [6, 6.07) is 6.72. The van der Waals surface area contributed by atoms with Crippen LogP contribution in [-0.2, 0) is 10.0 Å². The van der Waals surface area contributed by atoms with Gasteiger partial charge in [-0.3, -0.25) is 0 Å². The number of nitriles is 1. The second-order valence-corrected chi connectivity index (χ2v) is 7.49. The summed E-state index contributed by atoms with van der Waals surface area (Å²) in [5.74, 6) is 0. The van der Waals surface area contributed by atoms with Crippen LogP contribution in [-0.4, -0.2) is 37.9 Å². The fraction of sp³-hybridized carbons (Fsp3) is 0.500. The van der Waals surface area contributed by atoms with Gasteiger partial charge in [-0.05, 0) is 44.5 Å². The first-order chi connectivity index (χ1) is 9.29. The summed E-state index contributed by atoms with van der Waals surface area (Å²) in [6.07, 6.45) is 0. The smallest absolute Gasteiger partial charge is 0.243 e. The van der Waals surface area contributed by atoms with E-state index in [2.05, 4.69) is 5.32 Å². The molecule has 0 unspecified atom stereocenters. The summed E-state index contributed by atoms with van der Waals surface area (Å²) in [5, 5.41) is 12.1. The molecule has 1 N–H and O–H groups in total. The minimum atomic E-state index is -3.54. The highest BCUT2D eigenvalue weighted by atomic mass is 32.2. The maximum absolute atomic E-state index is 12.8. The van der Waals surface area contributed by atoms with Crippen LogP contribution in [0.25, 0.3) is 0 Å². The molecule has 0 saturated carbocycles. The summed E-state index contributed by atoms with van der Waals surface area (Å²) < 4.78 is 27.2. The average Bonchev–Trinajstić information content (AvgIpc) is 2.37. The third-order valence-electron chi connectivity index (χ3n) is 3.60. The molecular weight excluding hydrogens is 274 g/mol. The van der Waals surface area contributed by atoms with Crippen LogP contribution in [0.4, 0.5) is 0 Å². The van der Waals surface area contributed by atoms with Crippen molar-refractivity contribution >= 4 is 10.0 Å². The number of benzene rings is 1. The minimum absolute atomic E-state index is 0.284. The Morgan fingerprint density at radius 1 is 1.40 bits per heavy atom. The Hall–Kier alpha value is -1.42. The van der Waals surface area contributed by atoms with Crippen molar-refractivity contribution in [3.05, 3.63) is 29.3 Å². The molecule has 1 heterocycles. The molecule has 1 aromatic carbocycles. The highest BCUT2D eigenvalue weighted by Crippen LogP contribution is 2.28. The van der Waals surface area contributed by atoms with Crippen molar-refractivity contribution < 1.29 is 8.42 Å². The monoisotopic (exact) mass is 293 g/mol. The van der Waals surface area contributed by atoms with Crippen LogP contribution in [0.1, 0.15) is 25.0 Å². The Morgan fingerprint density at radius 3 is 2.65 bits per heavy atom. The zero-order valence-corrected chi connectivity index (χ0v) is 12.8. The number of hydrogen-bond acceptors (Lipinski definition) is 4. The highest BCUT2D eigenvalue weighted by Gasteiger charge is 2.39. The minimum Gasteiger partial charge on any atom is -0.314 e. The molecule has 1 aliphatic heterocycles.